The molecular weight excluding hydrogens is 248 g/mol. The van der Waals surface area contributed by atoms with Crippen LogP contribution in [0.2, 0.25) is 0 Å². The molecule has 0 aliphatic carbocycles. The third kappa shape index (κ3) is 2.80. The first-order valence-electron chi connectivity index (χ1n) is 7.22. The highest BCUT2D eigenvalue weighted by Crippen LogP contribution is 2.20. The molecule has 4 nitrogen and oxygen atoms in total. The number of nitrogens with zero attached hydrogens (tertiary/aromatic N) is 3. The number of nitrogens with two attached hydrogens (primary N) is 1. The number of aromatic nitrogens is 2. The van der Waals surface area contributed by atoms with Gasteiger partial charge >= 0.3 is 0 Å². The summed E-state index contributed by atoms with van der Waals surface area (Å²) in [5.41, 5.74) is 3.36. The minimum absolute atomic E-state index is 0.832. The molecule has 2 N–H and O–H groups in total. The van der Waals surface area contributed by atoms with E-state index in [9.17, 15) is 0 Å². The molecule has 1 saturated heterocycles. The maximum atomic E-state index is 4.77. The van der Waals surface area contributed by atoms with Crippen molar-refractivity contribution in [1.29, 1.82) is 0 Å². The molecule has 1 aromatic carbocycles. The molecule has 1 fully saturated rings. The molecule has 2 aromatic rings. The van der Waals surface area contributed by atoms with Gasteiger partial charge in [0.25, 0.3) is 0 Å². The lowest BCUT2D eigenvalue weighted by Crippen LogP contribution is -2.89. The van der Waals surface area contributed by atoms with Crippen LogP contribution in [0.5, 0.6) is 0 Å². The summed E-state index contributed by atoms with van der Waals surface area (Å²) in [4.78, 5) is 11.7. The van der Waals surface area contributed by atoms with Crippen LogP contribution in [0.1, 0.15) is 11.3 Å². The zero-order valence-electron chi connectivity index (χ0n) is 12.1. The van der Waals surface area contributed by atoms with Gasteiger partial charge < -0.3 is 10.2 Å². The van der Waals surface area contributed by atoms with Gasteiger partial charge in [0.15, 0.2) is 5.82 Å². The first kappa shape index (κ1) is 13.1. The van der Waals surface area contributed by atoms with Crippen LogP contribution in [0.4, 0.5) is 5.82 Å². The summed E-state index contributed by atoms with van der Waals surface area (Å²) in [5, 5.41) is 2.35. The fraction of sp³-hybridized carbons (Fsp3) is 0.375. The van der Waals surface area contributed by atoms with Crippen molar-refractivity contribution < 1.29 is 5.32 Å². The number of rotatable bonds is 2. The summed E-state index contributed by atoms with van der Waals surface area (Å²) < 4.78 is 0. The second kappa shape index (κ2) is 5.59. The summed E-state index contributed by atoms with van der Waals surface area (Å²) in [5.74, 6) is 1.89. The van der Waals surface area contributed by atoms with Crippen LogP contribution < -0.4 is 10.2 Å². The van der Waals surface area contributed by atoms with E-state index in [0.29, 0.717) is 0 Å². The maximum absolute atomic E-state index is 4.77. The molecule has 104 valence electrons. The van der Waals surface area contributed by atoms with Gasteiger partial charge in [0.05, 0.1) is 26.2 Å². The molecule has 20 heavy (non-hydrogen) atoms. The van der Waals surface area contributed by atoms with Crippen molar-refractivity contribution in [3.05, 3.63) is 41.6 Å². The fourth-order valence-corrected chi connectivity index (χ4v) is 2.61. The molecule has 2 heterocycles. The highest BCUT2D eigenvalue weighted by atomic mass is 15.2. The van der Waals surface area contributed by atoms with Crippen LogP contribution >= 0.6 is 0 Å². The molecule has 0 radical (unpaired) electrons. The Morgan fingerprint density at radius 2 is 1.85 bits per heavy atom. The predicted octanol–water partition coefficient (Wildman–Crippen LogP) is 1.14. The molecule has 1 aliphatic rings. The van der Waals surface area contributed by atoms with Crippen molar-refractivity contribution in [2.45, 2.75) is 13.8 Å². The molecule has 0 amide bonds. The van der Waals surface area contributed by atoms with Gasteiger partial charge in [0.2, 0.25) is 0 Å². The molecule has 4 heteroatoms. The third-order valence-electron chi connectivity index (χ3n) is 3.65. The molecule has 3 rings (SSSR count). The largest absolute Gasteiger partial charge is 0.345 e. The standard InChI is InChI=1S/C16H20N4/c1-12-4-3-5-14(10-12)16-18-13(2)11-15(19-16)20-8-6-17-7-9-20/h3-5,10-11,17H,6-9H2,1-2H3/p+1. The van der Waals surface area contributed by atoms with Gasteiger partial charge in [-0.3, -0.25) is 0 Å². The number of anilines is 1. The third-order valence-corrected chi connectivity index (χ3v) is 3.65. The van der Waals surface area contributed by atoms with E-state index in [1.54, 1.807) is 0 Å². The first-order chi connectivity index (χ1) is 9.72. The van der Waals surface area contributed by atoms with E-state index in [-0.39, 0.29) is 0 Å². The van der Waals surface area contributed by atoms with Crippen LogP contribution in [0.25, 0.3) is 11.4 Å². The predicted molar refractivity (Wildman–Crippen MR) is 80.8 cm³/mol. The number of hydrogen-bond donors (Lipinski definition) is 1. The van der Waals surface area contributed by atoms with Crippen molar-refractivity contribution in [1.82, 2.24) is 9.97 Å². The van der Waals surface area contributed by atoms with Crippen molar-refractivity contribution >= 4 is 5.82 Å². The normalized spacial score (nSPS) is 15.4. The van der Waals surface area contributed by atoms with E-state index in [4.69, 9.17) is 4.98 Å². The van der Waals surface area contributed by atoms with Crippen molar-refractivity contribution in [3.8, 4) is 11.4 Å². The molecule has 0 bridgehead atoms. The van der Waals surface area contributed by atoms with E-state index in [0.717, 1.165) is 49.1 Å². The Bertz CT molecular complexity index is 603. The minimum Gasteiger partial charge on any atom is -0.345 e. The van der Waals surface area contributed by atoms with Gasteiger partial charge in [-0.2, -0.15) is 0 Å². The number of hydrogen-bond acceptors (Lipinski definition) is 3. The van der Waals surface area contributed by atoms with Crippen LogP contribution in [0, 0.1) is 13.8 Å². The van der Waals surface area contributed by atoms with Crippen molar-refractivity contribution in [2.75, 3.05) is 31.1 Å². The summed E-state index contributed by atoms with van der Waals surface area (Å²) in [6, 6.07) is 10.5. The lowest BCUT2D eigenvalue weighted by molar-refractivity contribution is -0.655. The lowest BCUT2D eigenvalue weighted by atomic mass is 10.1. The van der Waals surface area contributed by atoms with Crippen LogP contribution in [0.15, 0.2) is 30.3 Å². The Morgan fingerprint density at radius 1 is 1.05 bits per heavy atom. The Hall–Kier alpha value is -1.94. The highest BCUT2D eigenvalue weighted by molar-refractivity contribution is 5.59. The molecule has 0 unspecified atom stereocenters. The first-order valence-corrected chi connectivity index (χ1v) is 7.22. The van der Waals surface area contributed by atoms with Crippen LogP contribution in [-0.4, -0.2) is 36.1 Å². The average molecular weight is 269 g/mol. The Kier molecular flexibility index (Phi) is 3.65. The van der Waals surface area contributed by atoms with Crippen molar-refractivity contribution in [2.24, 2.45) is 0 Å². The molecule has 0 saturated carbocycles. The summed E-state index contributed by atoms with van der Waals surface area (Å²) in [7, 11) is 0. The second-order valence-electron chi connectivity index (χ2n) is 5.41. The zero-order valence-corrected chi connectivity index (χ0v) is 12.1. The van der Waals surface area contributed by atoms with Gasteiger partial charge in [-0.05, 0) is 19.9 Å². The van der Waals surface area contributed by atoms with Gasteiger partial charge in [-0.25, -0.2) is 9.97 Å². The van der Waals surface area contributed by atoms with E-state index in [2.05, 4.69) is 52.5 Å². The van der Waals surface area contributed by atoms with E-state index >= 15 is 0 Å². The SMILES string of the molecule is Cc1cccc(-c2nc(C)cc(N3CC[NH2+]CC3)n2)c1. The molecule has 0 spiro atoms. The van der Waals surface area contributed by atoms with Gasteiger partial charge in [-0.1, -0.05) is 23.8 Å². The van der Waals surface area contributed by atoms with E-state index in [1.165, 1.54) is 5.56 Å². The summed E-state index contributed by atoms with van der Waals surface area (Å²) in [6.07, 6.45) is 0. The number of quaternary nitrogens is 1. The quantitative estimate of drug-likeness (QED) is 0.889. The van der Waals surface area contributed by atoms with Gasteiger partial charge in [-0.15, -0.1) is 0 Å². The Balaban J connectivity index is 1.97. The molecule has 0 atom stereocenters. The fourth-order valence-electron chi connectivity index (χ4n) is 2.61. The van der Waals surface area contributed by atoms with Crippen LogP contribution in [0.3, 0.4) is 0 Å². The highest BCUT2D eigenvalue weighted by Gasteiger charge is 2.15. The van der Waals surface area contributed by atoms with Crippen LogP contribution in [-0.2, 0) is 0 Å². The zero-order chi connectivity index (χ0) is 13.9. The summed E-state index contributed by atoms with van der Waals surface area (Å²) in [6.45, 7) is 8.54. The van der Waals surface area contributed by atoms with Crippen molar-refractivity contribution in [3.63, 3.8) is 0 Å². The minimum atomic E-state index is 0.832. The molecule has 1 aromatic heterocycles. The van der Waals surface area contributed by atoms with Gasteiger partial charge in [0.1, 0.15) is 5.82 Å². The number of benzene rings is 1. The molecular formula is C16H21N4+. The van der Waals surface area contributed by atoms with E-state index in [1.807, 2.05) is 6.92 Å². The van der Waals surface area contributed by atoms with E-state index < -0.39 is 0 Å². The molecule has 1 aliphatic heterocycles. The topological polar surface area (TPSA) is 45.6 Å². The maximum Gasteiger partial charge on any atom is 0.161 e. The number of piperazine rings is 1. The van der Waals surface area contributed by atoms with Gasteiger partial charge in [0, 0.05) is 17.3 Å². The smallest absolute Gasteiger partial charge is 0.161 e. The number of aryl methyl sites for hydroxylation is 2. The monoisotopic (exact) mass is 269 g/mol. The lowest BCUT2D eigenvalue weighted by Gasteiger charge is -2.26. The Labute approximate surface area is 119 Å². The second-order valence-corrected chi connectivity index (χ2v) is 5.41. The average Bonchev–Trinajstić information content (AvgIpc) is 2.47. The summed E-state index contributed by atoms with van der Waals surface area (Å²) >= 11 is 0. The Morgan fingerprint density at radius 3 is 2.60 bits per heavy atom.